The van der Waals surface area contributed by atoms with Gasteiger partial charge in [-0.25, -0.2) is 0 Å². The van der Waals surface area contributed by atoms with E-state index in [1.165, 1.54) is 13.2 Å². The molecule has 1 aliphatic rings. The lowest BCUT2D eigenvalue weighted by Crippen LogP contribution is -2.33. The monoisotopic (exact) mass is 345 g/mol. The van der Waals surface area contributed by atoms with E-state index >= 15 is 0 Å². The molecule has 0 aliphatic carbocycles. The molecule has 7 heteroatoms. The van der Waals surface area contributed by atoms with E-state index in [0.29, 0.717) is 6.61 Å². The second-order valence-electron chi connectivity index (χ2n) is 5.16. The molecule has 0 amide bonds. The largest absolute Gasteiger partial charge is 0.505 e. The molecule has 0 radical (unpaired) electrons. The first-order valence-electron chi connectivity index (χ1n) is 7.20. The number of methoxy groups -OCH3 is 1. The fraction of sp³-hybridized carbons (Fsp3) is 0.533. The molecule has 0 spiro atoms. The topological polar surface area (TPSA) is 65.8 Å². The molecule has 1 fully saturated rings. The van der Waals surface area contributed by atoms with Crippen LogP contribution in [0.15, 0.2) is 6.07 Å². The summed E-state index contributed by atoms with van der Waals surface area (Å²) in [4.78, 5) is 2.31. The number of phenols is 1. The molecule has 1 aromatic rings. The Hall–Kier alpha value is -1.17. The molecule has 1 saturated heterocycles. The number of phenolic OH excluding ortho intramolecular Hbond substituents is 1. The second kappa shape index (κ2) is 7.40. The van der Waals surface area contributed by atoms with Gasteiger partial charge < -0.3 is 14.6 Å². The van der Waals surface area contributed by atoms with Crippen LogP contribution in [0.4, 0.5) is 0 Å². The zero-order valence-corrected chi connectivity index (χ0v) is 14.2. The number of hydrogen-bond acceptors (Lipinski definition) is 5. The highest BCUT2D eigenvalue weighted by atomic mass is 35.5. The van der Waals surface area contributed by atoms with Crippen molar-refractivity contribution < 1.29 is 14.6 Å². The summed E-state index contributed by atoms with van der Waals surface area (Å²) in [5, 5.41) is 18.5. The maximum atomic E-state index is 10.1. The van der Waals surface area contributed by atoms with E-state index in [-0.39, 0.29) is 39.0 Å². The summed E-state index contributed by atoms with van der Waals surface area (Å²) < 4.78 is 10.7. The van der Waals surface area contributed by atoms with Gasteiger partial charge >= 0.3 is 0 Å². The highest BCUT2D eigenvalue weighted by Crippen LogP contribution is 2.40. The number of likely N-dealkylation sites (N-methyl/N-ethyl adjacent to an activating group) is 1. The van der Waals surface area contributed by atoms with E-state index in [1.807, 2.05) is 0 Å². The summed E-state index contributed by atoms with van der Waals surface area (Å²) in [5.41, 5.74) is 0.0843. The van der Waals surface area contributed by atoms with Gasteiger partial charge in [-0.1, -0.05) is 30.1 Å². The molecule has 0 bridgehead atoms. The molecule has 1 heterocycles. The first-order chi connectivity index (χ1) is 10.5. The second-order valence-corrected chi connectivity index (χ2v) is 5.98. The van der Waals surface area contributed by atoms with Crippen molar-refractivity contribution in [2.75, 3.05) is 26.8 Å². The fourth-order valence-electron chi connectivity index (χ4n) is 2.75. The van der Waals surface area contributed by atoms with E-state index < -0.39 is 0 Å². The molecule has 1 aliphatic heterocycles. The van der Waals surface area contributed by atoms with E-state index in [2.05, 4.69) is 11.8 Å². The normalized spacial score (nSPS) is 18.5. The minimum absolute atomic E-state index is 0.0604. The summed E-state index contributed by atoms with van der Waals surface area (Å²) in [7, 11) is 1.42. The zero-order valence-electron chi connectivity index (χ0n) is 12.7. The fourth-order valence-corrected chi connectivity index (χ4v) is 3.29. The molecule has 22 heavy (non-hydrogen) atoms. The number of hydrogen-bond donors (Lipinski definition) is 2. The number of likely N-dealkylation sites (tertiary alicyclic amines) is 1. The third kappa shape index (κ3) is 3.42. The average molecular weight is 346 g/mol. The quantitative estimate of drug-likeness (QED) is 0.632. The Balaban J connectivity index is 2.16. The van der Waals surface area contributed by atoms with Gasteiger partial charge in [0.1, 0.15) is 12.2 Å². The molecule has 2 rings (SSSR count). The Kier molecular flexibility index (Phi) is 5.78. The van der Waals surface area contributed by atoms with Crippen LogP contribution in [0.3, 0.4) is 0 Å². The molecule has 1 atom stereocenters. The predicted octanol–water partition coefficient (Wildman–Crippen LogP) is 3.53. The van der Waals surface area contributed by atoms with Gasteiger partial charge in [-0.05, 0) is 32.0 Å². The summed E-state index contributed by atoms with van der Waals surface area (Å²) in [6.45, 7) is 4.50. The van der Waals surface area contributed by atoms with Crippen molar-refractivity contribution in [3.05, 3.63) is 21.7 Å². The van der Waals surface area contributed by atoms with Crippen LogP contribution in [0.2, 0.25) is 10.0 Å². The minimum atomic E-state index is -0.258. The molecule has 0 saturated carbocycles. The van der Waals surface area contributed by atoms with Crippen molar-refractivity contribution in [1.29, 1.82) is 5.41 Å². The summed E-state index contributed by atoms with van der Waals surface area (Å²) >= 11 is 12.0. The Morgan fingerprint density at radius 2 is 2.18 bits per heavy atom. The van der Waals surface area contributed by atoms with Gasteiger partial charge in [0.05, 0.1) is 17.2 Å². The van der Waals surface area contributed by atoms with Crippen molar-refractivity contribution >= 4 is 29.1 Å². The predicted molar refractivity (Wildman–Crippen MR) is 87.7 cm³/mol. The third-order valence-corrected chi connectivity index (χ3v) is 4.49. The highest BCUT2D eigenvalue weighted by molar-refractivity contribution is 6.37. The molecular formula is C15H20Cl2N2O3. The van der Waals surface area contributed by atoms with E-state index in [1.54, 1.807) is 0 Å². The molecule has 1 aromatic carbocycles. The molecular weight excluding hydrogens is 326 g/mol. The lowest BCUT2D eigenvalue weighted by Gasteiger charge is -2.23. The van der Waals surface area contributed by atoms with Crippen LogP contribution < -0.4 is 4.74 Å². The average Bonchev–Trinajstić information content (AvgIpc) is 2.95. The Bertz CT molecular complexity index is 566. The van der Waals surface area contributed by atoms with Gasteiger partial charge in [-0.2, -0.15) is 0 Å². The van der Waals surface area contributed by atoms with E-state index in [4.69, 9.17) is 38.1 Å². The van der Waals surface area contributed by atoms with Gasteiger partial charge in [0, 0.05) is 6.04 Å². The Morgan fingerprint density at radius 1 is 1.45 bits per heavy atom. The van der Waals surface area contributed by atoms with Crippen molar-refractivity contribution in [2.45, 2.75) is 25.8 Å². The summed E-state index contributed by atoms with van der Waals surface area (Å²) in [6.07, 6.45) is 2.17. The molecule has 0 aromatic heterocycles. The highest BCUT2D eigenvalue weighted by Gasteiger charge is 2.26. The standard InChI is InChI=1S/C15H20Cl2N2O3/c1-3-19-6-4-5-9(19)8-22-15(18)12-13(20)10(16)7-11(17)14(12)21-2/h7,9,18,20H,3-6,8H2,1-2H3/i2-1. The Labute approximate surface area is 140 Å². The van der Waals surface area contributed by atoms with Gasteiger partial charge in [0.2, 0.25) is 5.90 Å². The number of nitrogens with one attached hydrogen (secondary N) is 1. The van der Waals surface area contributed by atoms with E-state index in [9.17, 15) is 5.11 Å². The maximum Gasteiger partial charge on any atom is 0.221 e. The van der Waals surface area contributed by atoms with E-state index in [0.717, 1.165) is 25.9 Å². The number of halogens is 2. The summed E-state index contributed by atoms with van der Waals surface area (Å²) in [5.74, 6) is -0.263. The van der Waals surface area contributed by atoms with Crippen LogP contribution in [0.5, 0.6) is 11.5 Å². The minimum Gasteiger partial charge on any atom is -0.505 e. The van der Waals surface area contributed by atoms with Gasteiger partial charge in [-0.15, -0.1) is 0 Å². The summed E-state index contributed by atoms with van der Waals surface area (Å²) in [6, 6.07) is 1.66. The van der Waals surface area contributed by atoms with Crippen molar-refractivity contribution in [2.24, 2.45) is 0 Å². The zero-order chi connectivity index (χ0) is 16.3. The lowest BCUT2D eigenvalue weighted by molar-refractivity contribution is 0.171. The van der Waals surface area contributed by atoms with Gasteiger partial charge in [0.25, 0.3) is 0 Å². The van der Waals surface area contributed by atoms with Crippen LogP contribution >= 0.6 is 23.2 Å². The number of ether oxygens (including phenoxy) is 2. The maximum absolute atomic E-state index is 10.1. The smallest absolute Gasteiger partial charge is 0.221 e. The van der Waals surface area contributed by atoms with Crippen molar-refractivity contribution in [3.63, 3.8) is 0 Å². The first-order valence-corrected chi connectivity index (χ1v) is 7.95. The van der Waals surface area contributed by atoms with Crippen LogP contribution in [0.25, 0.3) is 0 Å². The third-order valence-electron chi connectivity index (χ3n) is 3.92. The van der Waals surface area contributed by atoms with Crippen LogP contribution in [0, 0.1) is 5.41 Å². The SMILES string of the molecule is CCN1CCCC1COC(=N)c1c(O)c(Cl)cc(Cl)c1O[11CH3]. The first kappa shape index (κ1) is 17.2. The molecule has 5 nitrogen and oxygen atoms in total. The van der Waals surface area contributed by atoms with Crippen molar-refractivity contribution in [3.8, 4) is 11.5 Å². The number of aromatic hydroxyl groups is 1. The van der Waals surface area contributed by atoms with Gasteiger partial charge in [-0.3, -0.25) is 10.3 Å². The van der Waals surface area contributed by atoms with Crippen LogP contribution in [-0.4, -0.2) is 48.8 Å². The molecule has 122 valence electrons. The lowest BCUT2D eigenvalue weighted by atomic mass is 10.1. The van der Waals surface area contributed by atoms with Crippen LogP contribution in [-0.2, 0) is 4.74 Å². The number of rotatable bonds is 5. The number of benzene rings is 1. The number of nitrogens with zero attached hydrogens (tertiary/aromatic N) is 1. The van der Waals surface area contributed by atoms with Crippen molar-refractivity contribution in [1.82, 2.24) is 4.90 Å². The van der Waals surface area contributed by atoms with Crippen LogP contribution in [0.1, 0.15) is 25.3 Å². The van der Waals surface area contributed by atoms with Gasteiger partial charge in [0.15, 0.2) is 11.5 Å². The molecule has 1 unspecified atom stereocenters. The Morgan fingerprint density at radius 3 is 2.82 bits per heavy atom. The molecule has 2 N–H and O–H groups in total.